The summed E-state index contributed by atoms with van der Waals surface area (Å²) >= 11 is 1.27. The highest BCUT2D eigenvalue weighted by Crippen LogP contribution is 2.21. The van der Waals surface area contributed by atoms with Crippen molar-refractivity contribution in [1.82, 2.24) is 4.98 Å². The van der Waals surface area contributed by atoms with Crippen molar-refractivity contribution < 1.29 is 10.2 Å². The lowest BCUT2D eigenvalue weighted by Gasteiger charge is -2.06. The monoisotopic (exact) mass is 184 g/mol. The van der Waals surface area contributed by atoms with Crippen LogP contribution in [0.5, 0.6) is 0 Å². The summed E-state index contributed by atoms with van der Waals surface area (Å²) in [6.45, 7) is 1.84. The van der Waals surface area contributed by atoms with Crippen LogP contribution in [-0.2, 0) is 0 Å². The third-order valence-electron chi connectivity index (χ3n) is 1.32. The molecular formula is C7H8N2O2S. The van der Waals surface area contributed by atoms with Gasteiger partial charge in [0.25, 0.3) is 0 Å². The van der Waals surface area contributed by atoms with Gasteiger partial charge >= 0.3 is 0 Å². The molecule has 0 bridgehead atoms. The van der Waals surface area contributed by atoms with Crippen molar-refractivity contribution in [3.05, 3.63) is 16.1 Å². The summed E-state index contributed by atoms with van der Waals surface area (Å²) in [4.78, 5) is 4.78. The van der Waals surface area contributed by atoms with Crippen LogP contribution in [0.3, 0.4) is 0 Å². The Balaban J connectivity index is 2.79. The van der Waals surface area contributed by atoms with Crippen molar-refractivity contribution in [2.24, 2.45) is 0 Å². The quantitative estimate of drug-likeness (QED) is 0.651. The van der Waals surface area contributed by atoms with E-state index in [0.717, 1.165) is 4.88 Å². The van der Waals surface area contributed by atoms with Crippen molar-refractivity contribution in [3.8, 4) is 6.07 Å². The molecule has 0 amide bonds. The normalized spacial score (nSPS) is 15.2. The van der Waals surface area contributed by atoms with E-state index < -0.39 is 12.2 Å². The van der Waals surface area contributed by atoms with E-state index in [1.165, 1.54) is 11.3 Å². The largest absolute Gasteiger partial charge is 0.382 e. The molecule has 0 aliphatic rings. The van der Waals surface area contributed by atoms with Gasteiger partial charge < -0.3 is 10.2 Å². The molecule has 5 heteroatoms. The maximum absolute atomic E-state index is 9.28. The molecule has 0 saturated carbocycles. The van der Waals surface area contributed by atoms with E-state index in [9.17, 15) is 5.11 Å². The summed E-state index contributed by atoms with van der Waals surface area (Å²) in [5.74, 6) is 0. The third kappa shape index (κ3) is 1.80. The van der Waals surface area contributed by atoms with Gasteiger partial charge in [-0.05, 0) is 6.92 Å². The highest BCUT2D eigenvalue weighted by atomic mass is 32.1. The van der Waals surface area contributed by atoms with Crippen molar-refractivity contribution >= 4 is 11.3 Å². The van der Waals surface area contributed by atoms with E-state index in [1.807, 2.05) is 6.92 Å². The average Bonchev–Trinajstić information content (AvgIpc) is 2.49. The van der Waals surface area contributed by atoms with Gasteiger partial charge in [-0.3, -0.25) is 0 Å². The fourth-order valence-electron chi connectivity index (χ4n) is 0.715. The van der Waals surface area contributed by atoms with Crippen LogP contribution < -0.4 is 0 Å². The van der Waals surface area contributed by atoms with Gasteiger partial charge in [0.2, 0.25) is 0 Å². The number of thiazole rings is 1. The molecule has 2 N–H and O–H groups in total. The first-order valence-corrected chi connectivity index (χ1v) is 4.15. The zero-order valence-corrected chi connectivity index (χ0v) is 7.25. The van der Waals surface area contributed by atoms with Crippen LogP contribution in [0.4, 0.5) is 0 Å². The van der Waals surface area contributed by atoms with E-state index >= 15 is 0 Å². The molecule has 1 aromatic rings. The predicted molar refractivity (Wildman–Crippen MR) is 43.4 cm³/mol. The van der Waals surface area contributed by atoms with Crippen LogP contribution in [0.1, 0.15) is 16.0 Å². The molecule has 4 nitrogen and oxygen atoms in total. The van der Waals surface area contributed by atoms with Crippen molar-refractivity contribution in [1.29, 1.82) is 5.26 Å². The smallest absolute Gasteiger partial charge is 0.172 e. The second-order valence-corrected chi connectivity index (χ2v) is 3.59. The lowest BCUT2D eigenvalue weighted by Crippen LogP contribution is -2.15. The number of aliphatic hydroxyl groups excluding tert-OH is 2. The molecule has 2 atom stereocenters. The van der Waals surface area contributed by atoms with Crippen LogP contribution >= 0.6 is 11.3 Å². The molecule has 0 aromatic carbocycles. The molecule has 0 spiro atoms. The Morgan fingerprint density at radius 3 is 2.75 bits per heavy atom. The Hall–Kier alpha value is -0.960. The van der Waals surface area contributed by atoms with E-state index in [4.69, 9.17) is 10.4 Å². The fourth-order valence-corrected chi connectivity index (χ4v) is 1.50. The zero-order valence-electron chi connectivity index (χ0n) is 6.43. The maximum Gasteiger partial charge on any atom is 0.172 e. The molecular weight excluding hydrogens is 176 g/mol. The molecule has 1 heterocycles. The molecule has 1 rings (SSSR count). The number of hydrogen-bond acceptors (Lipinski definition) is 5. The van der Waals surface area contributed by atoms with E-state index in [-0.39, 0.29) is 0 Å². The number of aliphatic hydroxyl groups is 2. The van der Waals surface area contributed by atoms with Crippen LogP contribution in [0, 0.1) is 18.3 Å². The Kier molecular flexibility index (Phi) is 2.76. The van der Waals surface area contributed by atoms with Gasteiger partial charge in [-0.25, -0.2) is 4.98 Å². The molecule has 1 aromatic heterocycles. The Bertz CT molecular complexity index is 305. The molecule has 12 heavy (non-hydrogen) atoms. The van der Waals surface area contributed by atoms with Crippen LogP contribution in [-0.4, -0.2) is 21.3 Å². The first-order chi connectivity index (χ1) is 5.65. The van der Waals surface area contributed by atoms with E-state index in [1.54, 1.807) is 12.3 Å². The molecule has 0 saturated heterocycles. The molecule has 2 unspecified atom stereocenters. The van der Waals surface area contributed by atoms with Crippen molar-refractivity contribution in [2.75, 3.05) is 0 Å². The molecule has 0 aliphatic heterocycles. The number of rotatable bonds is 2. The van der Waals surface area contributed by atoms with E-state index in [2.05, 4.69) is 4.98 Å². The molecule has 0 radical (unpaired) electrons. The van der Waals surface area contributed by atoms with Gasteiger partial charge in [-0.1, -0.05) is 0 Å². The van der Waals surface area contributed by atoms with Gasteiger partial charge in [-0.15, -0.1) is 11.3 Å². The summed E-state index contributed by atoms with van der Waals surface area (Å²) in [5, 5.41) is 26.9. The van der Waals surface area contributed by atoms with Gasteiger partial charge in [0.15, 0.2) is 6.10 Å². The highest BCUT2D eigenvalue weighted by Gasteiger charge is 2.20. The first kappa shape index (κ1) is 9.13. The summed E-state index contributed by atoms with van der Waals surface area (Å²) in [6, 6.07) is 1.54. The Morgan fingerprint density at radius 1 is 1.67 bits per heavy atom. The van der Waals surface area contributed by atoms with Gasteiger partial charge in [-0.2, -0.15) is 5.26 Å². The summed E-state index contributed by atoms with van der Waals surface area (Å²) in [5.41, 5.74) is 0. The standard InChI is InChI=1S/C7H8N2O2S/c1-4-3-9-7(12-4)6(11)5(10)2-8/h3,5-6,10-11H,1H3. The predicted octanol–water partition coefficient (Wildman–Crippen LogP) is 0.369. The number of aryl methyl sites for hydroxylation is 1. The second kappa shape index (κ2) is 3.63. The van der Waals surface area contributed by atoms with Gasteiger partial charge in [0, 0.05) is 11.1 Å². The number of aromatic nitrogens is 1. The SMILES string of the molecule is Cc1cnc(C(O)C(O)C#N)s1. The second-order valence-electron chi connectivity index (χ2n) is 2.33. The lowest BCUT2D eigenvalue weighted by molar-refractivity contribution is 0.0526. The summed E-state index contributed by atoms with van der Waals surface area (Å²) < 4.78 is 0. The molecule has 0 fully saturated rings. The Labute approximate surface area is 73.7 Å². The summed E-state index contributed by atoms with van der Waals surface area (Å²) in [6.07, 6.45) is -0.989. The highest BCUT2D eigenvalue weighted by molar-refractivity contribution is 7.11. The average molecular weight is 184 g/mol. The van der Waals surface area contributed by atoms with Crippen LogP contribution in [0.15, 0.2) is 6.20 Å². The van der Waals surface area contributed by atoms with Gasteiger partial charge in [0.05, 0.1) is 6.07 Å². The zero-order chi connectivity index (χ0) is 9.14. The minimum atomic E-state index is -1.39. The molecule has 64 valence electrons. The number of nitrogens with zero attached hydrogens (tertiary/aromatic N) is 2. The minimum absolute atomic E-state index is 0.376. The van der Waals surface area contributed by atoms with Crippen LogP contribution in [0.25, 0.3) is 0 Å². The number of hydrogen-bond donors (Lipinski definition) is 2. The van der Waals surface area contributed by atoms with Gasteiger partial charge in [0.1, 0.15) is 11.1 Å². The van der Waals surface area contributed by atoms with Crippen molar-refractivity contribution in [3.63, 3.8) is 0 Å². The van der Waals surface area contributed by atoms with Crippen LogP contribution in [0.2, 0.25) is 0 Å². The maximum atomic E-state index is 9.28. The third-order valence-corrected chi connectivity index (χ3v) is 2.31. The lowest BCUT2D eigenvalue weighted by atomic mass is 10.2. The summed E-state index contributed by atoms with van der Waals surface area (Å²) in [7, 11) is 0. The van der Waals surface area contributed by atoms with Crippen molar-refractivity contribution in [2.45, 2.75) is 19.1 Å². The fraction of sp³-hybridized carbons (Fsp3) is 0.429. The number of nitriles is 1. The molecule has 0 aliphatic carbocycles. The minimum Gasteiger partial charge on any atom is -0.382 e. The first-order valence-electron chi connectivity index (χ1n) is 3.33. The van der Waals surface area contributed by atoms with E-state index in [0.29, 0.717) is 5.01 Å². The topological polar surface area (TPSA) is 77.1 Å². The Morgan fingerprint density at radius 2 is 2.33 bits per heavy atom.